The second-order valence-electron chi connectivity index (χ2n) is 12.2. The lowest BCUT2D eigenvalue weighted by Crippen LogP contribution is -2.47. The quantitative estimate of drug-likeness (QED) is 0.101. The van der Waals surface area contributed by atoms with Crippen molar-refractivity contribution in [3.05, 3.63) is 117 Å². The number of hydrogen-bond acceptors (Lipinski definition) is 2. The molecule has 0 bridgehead atoms. The molecule has 0 N–H and O–H groups in total. The van der Waals surface area contributed by atoms with Crippen molar-refractivity contribution < 1.29 is 9.28 Å². The minimum absolute atomic E-state index is 0.0268. The summed E-state index contributed by atoms with van der Waals surface area (Å²) in [5.41, 5.74) is 6.40. The van der Waals surface area contributed by atoms with E-state index in [4.69, 9.17) is 11.6 Å². The van der Waals surface area contributed by atoms with E-state index in [0.717, 1.165) is 59.2 Å². The molecule has 0 spiro atoms. The lowest BCUT2D eigenvalue weighted by atomic mass is 10.1. The van der Waals surface area contributed by atoms with Crippen molar-refractivity contribution in [2.45, 2.75) is 60.5 Å². The maximum absolute atomic E-state index is 14.1. The Morgan fingerprint density at radius 1 is 0.791 bits per heavy atom. The molecule has 0 saturated heterocycles. The van der Waals surface area contributed by atoms with Gasteiger partial charge in [-0.3, -0.25) is 4.79 Å². The van der Waals surface area contributed by atoms with Crippen LogP contribution < -0.4 is 0 Å². The number of aryl methyl sites for hydroxylation is 3. The van der Waals surface area contributed by atoms with Gasteiger partial charge >= 0.3 is 0 Å². The van der Waals surface area contributed by atoms with Gasteiger partial charge in [0.15, 0.2) is 0 Å². The summed E-state index contributed by atoms with van der Waals surface area (Å²) < 4.78 is 2.13. The highest BCUT2D eigenvalue weighted by Gasteiger charge is 2.26. The number of benzene rings is 4. The van der Waals surface area contributed by atoms with Gasteiger partial charge in [-0.2, -0.15) is 0 Å². The molecule has 0 aliphatic heterocycles. The molecular weight excluding hydrogens is 568 g/mol. The molecule has 0 unspecified atom stereocenters. The Balaban J connectivity index is 1.35. The predicted molar refractivity (Wildman–Crippen MR) is 185 cm³/mol. The average Bonchev–Trinajstić information content (AvgIpc) is 3.32. The summed E-state index contributed by atoms with van der Waals surface area (Å²) in [5, 5.41) is 3.95. The molecule has 4 aromatic carbocycles. The van der Waals surface area contributed by atoms with Crippen LogP contribution in [0.3, 0.4) is 0 Å². The molecule has 43 heavy (non-hydrogen) atoms. The fourth-order valence-corrected chi connectivity index (χ4v) is 7.98. The first-order chi connectivity index (χ1) is 20.7. The maximum atomic E-state index is 14.1. The van der Waals surface area contributed by atoms with E-state index in [1.807, 2.05) is 11.0 Å². The maximum Gasteiger partial charge on any atom is 0.265 e. The van der Waals surface area contributed by atoms with Crippen molar-refractivity contribution >= 4 is 49.7 Å². The van der Waals surface area contributed by atoms with Crippen LogP contribution in [-0.2, 0) is 13.1 Å². The van der Waals surface area contributed by atoms with E-state index in [0.29, 0.717) is 23.0 Å². The van der Waals surface area contributed by atoms with Crippen molar-refractivity contribution in [1.29, 1.82) is 0 Å². The monoisotopic (exact) mass is 611 g/mol. The number of amides is 1. The Morgan fingerprint density at radius 3 is 2.23 bits per heavy atom. The van der Waals surface area contributed by atoms with Gasteiger partial charge in [-0.1, -0.05) is 89.5 Å². The topological polar surface area (TPSA) is 20.3 Å². The number of rotatable bonds is 12. The summed E-state index contributed by atoms with van der Waals surface area (Å²) in [4.78, 5) is 16.8. The van der Waals surface area contributed by atoms with Crippen molar-refractivity contribution in [2.24, 2.45) is 0 Å². The lowest BCUT2D eigenvalue weighted by molar-refractivity contribution is -0.938. The third kappa shape index (κ3) is 7.32. The van der Waals surface area contributed by atoms with Gasteiger partial charge in [0.05, 0.1) is 24.7 Å². The van der Waals surface area contributed by atoms with Crippen LogP contribution in [0, 0.1) is 20.8 Å². The summed E-state index contributed by atoms with van der Waals surface area (Å²) in [6, 6.07) is 28.1. The van der Waals surface area contributed by atoms with Gasteiger partial charge in [-0.25, -0.2) is 0 Å². The zero-order valence-corrected chi connectivity index (χ0v) is 27.8. The highest BCUT2D eigenvalue weighted by Crippen LogP contribution is 2.37. The molecule has 5 rings (SSSR count). The number of halogens is 1. The minimum atomic E-state index is 0.0268. The third-order valence-corrected chi connectivity index (χ3v) is 10.6. The van der Waals surface area contributed by atoms with Crippen LogP contribution in [0.2, 0.25) is 5.02 Å². The van der Waals surface area contributed by atoms with Gasteiger partial charge in [-0.05, 0) is 81.5 Å². The Labute approximate surface area is 266 Å². The standard InChI is InChI=1S/C38H44ClN2OS/c1-6-41(7-2,26-31-21-28(4)20-29(5)22-31)19-11-10-18-40(25-30-15-16-32-12-8-9-13-33(32)24-30)38(42)37-36(39)34-17-14-27(3)23-35(34)43-37/h8-9,12-17,20-24H,6-7,10-11,18-19,25-26H2,1-5H3/q+1. The molecule has 224 valence electrons. The van der Waals surface area contributed by atoms with E-state index in [9.17, 15) is 4.79 Å². The molecule has 0 fully saturated rings. The molecule has 5 aromatic rings. The zero-order valence-electron chi connectivity index (χ0n) is 26.3. The highest BCUT2D eigenvalue weighted by atomic mass is 35.5. The summed E-state index contributed by atoms with van der Waals surface area (Å²) in [7, 11) is 0. The third-order valence-electron chi connectivity index (χ3n) is 8.91. The number of thiophene rings is 1. The smallest absolute Gasteiger partial charge is 0.265 e. The first-order valence-electron chi connectivity index (χ1n) is 15.6. The second kappa shape index (κ2) is 13.6. The van der Waals surface area contributed by atoms with E-state index >= 15 is 0 Å². The van der Waals surface area contributed by atoms with Gasteiger partial charge in [0.2, 0.25) is 0 Å². The summed E-state index contributed by atoms with van der Waals surface area (Å²) in [6.45, 7) is 16.7. The number of fused-ring (bicyclic) bond motifs is 2. The van der Waals surface area contributed by atoms with Crippen LogP contribution in [0.15, 0.2) is 78.9 Å². The number of carbonyl (C=O) groups is 1. The first-order valence-corrected chi connectivity index (χ1v) is 16.8. The van der Waals surface area contributed by atoms with E-state index in [1.54, 1.807) is 0 Å². The van der Waals surface area contributed by atoms with Crippen LogP contribution in [-0.4, -0.2) is 41.5 Å². The lowest BCUT2D eigenvalue weighted by Gasteiger charge is -2.37. The number of quaternary nitrogens is 1. The van der Waals surface area contributed by atoms with E-state index in [1.165, 1.54) is 44.4 Å². The number of nitrogens with zero attached hydrogens (tertiary/aromatic N) is 2. The van der Waals surface area contributed by atoms with Crippen LogP contribution in [0.1, 0.15) is 64.2 Å². The van der Waals surface area contributed by atoms with Crippen LogP contribution in [0.4, 0.5) is 0 Å². The molecule has 3 nitrogen and oxygen atoms in total. The molecular formula is C38H44ClN2OS+. The van der Waals surface area contributed by atoms with Gasteiger partial charge in [-0.15, -0.1) is 11.3 Å². The summed E-state index contributed by atoms with van der Waals surface area (Å²) in [5.74, 6) is 0.0268. The molecule has 0 aliphatic carbocycles. The molecule has 5 heteroatoms. The molecule has 1 aromatic heterocycles. The van der Waals surface area contributed by atoms with E-state index in [2.05, 4.69) is 107 Å². The van der Waals surface area contributed by atoms with Crippen LogP contribution in [0.25, 0.3) is 20.9 Å². The van der Waals surface area contributed by atoms with Gasteiger partial charge in [0, 0.05) is 28.7 Å². The van der Waals surface area contributed by atoms with E-state index < -0.39 is 0 Å². The second-order valence-corrected chi connectivity index (χ2v) is 13.6. The SMILES string of the molecule is CC[N+](CC)(CCCCN(Cc1ccc2ccccc2c1)C(=O)c1sc2cc(C)ccc2c1Cl)Cc1cc(C)cc(C)c1. The molecule has 1 heterocycles. The Kier molecular flexibility index (Phi) is 9.91. The van der Waals surface area contributed by atoms with Crippen LogP contribution >= 0.6 is 22.9 Å². The van der Waals surface area contributed by atoms with Crippen molar-refractivity contribution in [3.8, 4) is 0 Å². The Bertz CT molecular complexity index is 1720. The summed E-state index contributed by atoms with van der Waals surface area (Å²) in [6.07, 6.45) is 2.01. The van der Waals surface area contributed by atoms with Gasteiger partial charge in [0.25, 0.3) is 5.91 Å². The summed E-state index contributed by atoms with van der Waals surface area (Å²) >= 11 is 8.36. The number of hydrogen-bond donors (Lipinski definition) is 0. The normalized spacial score (nSPS) is 11.9. The molecule has 1 amide bonds. The van der Waals surface area contributed by atoms with Gasteiger partial charge < -0.3 is 9.38 Å². The molecule has 0 saturated carbocycles. The minimum Gasteiger partial charge on any atom is -0.334 e. The van der Waals surface area contributed by atoms with Crippen molar-refractivity contribution in [2.75, 3.05) is 26.2 Å². The predicted octanol–water partition coefficient (Wildman–Crippen LogP) is 10.1. The van der Waals surface area contributed by atoms with Gasteiger partial charge in [0.1, 0.15) is 11.4 Å². The zero-order chi connectivity index (χ0) is 30.6. The fraction of sp³-hybridized carbons (Fsp3) is 0.342. The highest BCUT2D eigenvalue weighted by molar-refractivity contribution is 7.21. The van der Waals surface area contributed by atoms with Crippen molar-refractivity contribution in [3.63, 3.8) is 0 Å². The Hall–Kier alpha value is -3.18. The fourth-order valence-electron chi connectivity index (χ4n) is 6.40. The average molecular weight is 612 g/mol. The van der Waals surface area contributed by atoms with Crippen molar-refractivity contribution in [1.82, 2.24) is 4.90 Å². The van der Waals surface area contributed by atoms with E-state index in [-0.39, 0.29) is 5.91 Å². The first kappa shape index (κ1) is 31.3. The largest absolute Gasteiger partial charge is 0.334 e. The van der Waals surface area contributed by atoms with Crippen LogP contribution in [0.5, 0.6) is 0 Å². The molecule has 0 aliphatic rings. The molecule has 0 atom stereocenters. The number of unbranched alkanes of at least 4 members (excludes halogenated alkanes) is 1. The Morgan fingerprint density at radius 2 is 1.51 bits per heavy atom. The number of carbonyl (C=O) groups excluding carboxylic acids is 1. The molecule has 0 radical (unpaired) electrons.